The third-order valence-corrected chi connectivity index (χ3v) is 3.22. The van der Waals surface area contributed by atoms with E-state index in [1.807, 2.05) is 6.92 Å². The van der Waals surface area contributed by atoms with Gasteiger partial charge in [0, 0.05) is 0 Å². The molecule has 0 aromatic heterocycles. The Morgan fingerprint density at radius 1 is 1.33 bits per heavy atom. The van der Waals surface area contributed by atoms with Crippen LogP contribution in [0.1, 0.15) is 65.2 Å². The Labute approximate surface area is 93.4 Å². The molecule has 0 heterocycles. The molecule has 0 saturated heterocycles. The first kappa shape index (κ1) is 12.5. The molecule has 1 atom stereocenters. The molecule has 88 valence electrons. The summed E-state index contributed by atoms with van der Waals surface area (Å²) in [6, 6.07) is 0. The van der Waals surface area contributed by atoms with E-state index in [0.717, 1.165) is 19.3 Å². The average Bonchev–Trinajstić information content (AvgIpc) is 2.09. The molecule has 0 aromatic carbocycles. The van der Waals surface area contributed by atoms with Gasteiger partial charge in [0.25, 0.3) is 0 Å². The van der Waals surface area contributed by atoms with Crippen molar-refractivity contribution in [2.45, 2.75) is 71.3 Å². The summed E-state index contributed by atoms with van der Waals surface area (Å²) in [6.45, 7) is 4.22. The maximum Gasteiger partial charge on any atom is 0.309 e. The zero-order chi connectivity index (χ0) is 11.1. The Hall–Kier alpha value is -0.530. The highest BCUT2D eigenvalue weighted by Gasteiger charge is 2.27. The summed E-state index contributed by atoms with van der Waals surface area (Å²) in [5.74, 6) is 0.271. The zero-order valence-corrected chi connectivity index (χ0v) is 10.1. The lowest BCUT2D eigenvalue weighted by molar-refractivity contribution is -0.156. The molecule has 0 radical (unpaired) electrons. The average molecular weight is 212 g/mol. The van der Waals surface area contributed by atoms with Crippen LogP contribution in [0.2, 0.25) is 0 Å². The molecule has 2 heteroatoms. The number of carbonyl (C=O) groups excluding carboxylic acids is 1. The monoisotopic (exact) mass is 212 g/mol. The smallest absolute Gasteiger partial charge is 0.309 e. The van der Waals surface area contributed by atoms with Gasteiger partial charge in [-0.1, -0.05) is 32.6 Å². The molecule has 0 spiro atoms. The van der Waals surface area contributed by atoms with E-state index in [4.69, 9.17) is 4.74 Å². The van der Waals surface area contributed by atoms with Crippen LogP contribution in [0.4, 0.5) is 0 Å². The maximum atomic E-state index is 11.5. The largest absolute Gasteiger partial charge is 0.462 e. The van der Waals surface area contributed by atoms with E-state index in [0.29, 0.717) is 0 Å². The van der Waals surface area contributed by atoms with Gasteiger partial charge in [0.1, 0.15) is 0 Å². The van der Waals surface area contributed by atoms with E-state index in [1.54, 1.807) is 0 Å². The predicted molar refractivity (Wildman–Crippen MR) is 61.7 cm³/mol. The van der Waals surface area contributed by atoms with E-state index in [2.05, 4.69) is 6.92 Å². The number of ether oxygens (including phenoxy) is 1. The van der Waals surface area contributed by atoms with E-state index in [-0.39, 0.29) is 18.0 Å². The van der Waals surface area contributed by atoms with Gasteiger partial charge in [-0.25, -0.2) is 0 Å². The van der Waals surface area contributed by atoms with Crippen LogP contribution in [-0.4, -0.2) is 12.1 Å². The van der Waals surface area contributed by atoms with Crippen LogP contribution in [0.25, 0.3) is 0 Å². The summed E-state index contributed by atoms with van der Waals surface area (Å²) in [5, 5.41) is 0. The topological polar surface area (TPSA) is 26.3 Å². The van der Waals surface area contributed by atoms with Crippen molar-refractivity contribution < 1.29 is 9.53 Å². The van der Waals surface area contributed by atoms with Gasteiger partial charge in [0.05, 0.1) is 12.0 Å². The molecule has 0 aromatic rings. The lowest BCUT2D eigenvalue weighted by Crippen LogP contribution is -2.27. The third kappa shape index (κ3) is 4.67. The first-order chi connectivity index (χ1) is 7.24. The molecule has 2 nitrogen and oxygen atoms in total. The zero-order valence-electron chi connectivity index (χ0n) is 10.1. The van der Waals surface area contributed by atoms with Crippen LogP contribution in [0.15, 0.2) is 0 Å². The lowest BCUT2D eigenvalue weighted by Gasteiger charge is -2.25. The predicted octanol–water partition coefficient (Wildman–Crippen LogP) is 3.69. The van der Waals surface area contributed by atoms with Gasteiger partial charge >= 0.3 is 5.97 Å². The highest BCUT2D eigenvalue weighted by atomic mass is 16.5. The SMILES string of the molecule is CCCCCCC(C)OC(=O)C1CCC1. The van der Waals surface area contributed by atoms with Crippen molar-refractivity contribution in [1.29, 1.82) is 0 Å². The second kappa shape index (κ2) is 6.86. The molecule has 0 bridgehead atoms. The minimum atomic E-state index is 0.0456. The summed E-state index contributed by atoms with van der Waals surface area (Å²) in [6.07, 6.45) is 9.44. The van der Waals surface area contributed by atoms with Gasteiger partial charge in [-0.3, -0.25) is 4.79 Å². The van der Waals surface area contributed by atoms with Crippen molar-refractivity contribution in [1.82, 2.24) is 0 Å². The Kier molecular flexibility index (Phi) is 5.74. The highest BCUT2D eigenvalue weighted by molar-refractivity contribution is 5.73. The van der Waals surface area contributed by atoms with Crippen LogP contribution in [-0.2, 0) is 9.53 Å². The normalized spacial score (nSPS) is 18.3. The third-order valence-electron chi connectivity index (χ3n) is 3.22. The molecule has 1 aliphatic carbocycles. The van der Waals surface area contributed by atoms with E-state index in [1.165, 1.54) is 32.1 Å². The van der Waals surface area contributed by atoms with E-state index >= 15 is 0 Å². The van der Waals surface area contributed by atoms with Gasteiger partial charge in [-0.05, 0) is 32.6 Å². The fourth-order valence-electron chi connectivity index (χ4n) is 1.86. The number of hydrogen-bond acceptors (Lipinski definition) is 2. The fraction of sp³-hybridized carbons (Fsp3) is 0.923. The molecule has 0 amide bonds. The van der Waals surface area contributed by atoms with Crippen molar-refractivity contribution in [2.24, 2.45) is 5.92 Å². The Morgan fingerprint density at radius 2 is 2.07 bits per heavy atom. The van der Waals surface area contributed by atoms with E-state index < -0.39 is 0 Å². The van der Waals surface area contributed by atoms with Crippen molar-refractivity contribution in [3.8, 4) is 0 Å². The van der Waals surface area contributed by atoms with Gasteiger partial charge < -0.3 is 4.74 Å². The van der Waals surface area contributed by atoms with Gasteiger partial charge in [-0.15, -0.1) is 0 Å². The summed E-state index contributed by atoms with van der Waals surface area (Å²) in [5.41, 5.74) is 0. The summed E-state index contributed by atoms with van der Waals surface area (Å²) >= 11 is 0. The molecular formula is C13H24O2. The first-order valence-electron chi connectivity index (χ1n) is 6.44. The molecule has 1 rings (SSSR count). The molecule has 1 saturated carbocycles. The van der Waals surface area contributed by atoms with Crippen LogP contribution in [0, 0.1) is 5.92 Å². The number of unbranched alkanes of at least 4 members (excludes halogenated alkanes) is 3. The van der Waals surface area contributed by atoms with Gasteiger partial charge in [0.15, 0.2) is 0 Å². The van der Waals surface area contributed by atoms with Crippen LogP contribution in [0.3, 0.4) is 0 Å². The quantitative estimate of drug-likeness (QED) is 0.475. The molecular weight excluding hydrogens is 188 g/mol. The molecule has 1 aliphatic rings. The summed E-state index contributed by atoms with van der Waals surface area (Å²) in [7, 11) is 0. The van der Waals surface area contributed by atoms with Crippen LogP contribution >= 0.6 is 0 Å². The molecule has 1 unspecified atom stereocenters. The number of hydrogen-bond donors (Lipinski definition) is 0. The second-order valence-electron chi connectivity index (χ2n) is 4.72. The number of carbonyl (C=O) groups is 1. The lowest BCUT2D eigenvalue weighted by atomic mass is 9.86. The minimum absolute atomic E-state index is 0.0456. The molecule has 1 fully saturated rings. The first-order valence-corrected chi connectivity index (χ1v) is 6.44. The summed E-state index contributed by atoms with van der Waals surface area (Å²) < 4.78 is 5.40. The van der Waals surface area contributed by atoms with Gasteiger partial charge in [0.2, 0.25) is 0 Å². The number of esters is 1. The van der Waals surface area contributed by atoms with Crippen molar-refractivity contribution in [3.63, 3.8) is 0 Å². The maximum absolute atomic E-state index is 11.5. The van der Waals surface area contributed by atoms with E-state index in [9.17, 15) is 4.79 Å². The molecule has 0 N–H and O–H groups in total. The van der Waals surface area contributed by atoms with Crippen molar-refractivity contribution >= 4 is 5.97 Å². The summed E-state index contributed by atoms with van der Waals surface area (Å²) in [4.78, 5) is 11.5. The van der Waals surface area contributed by atoms with Crippen LogP contribution in [0.5, 0.6) is 0 Å². The Bertz CT molecular complexity index is 185. The molecule has 0 aliphatic heterocycles. The van der Waals surface area contributed by atoms with Crippen molar-refractivity contribution in [3.05, 3.63) is 0 Å². The standard InChI is InChI=1S/C13H24O2/c1-3-4-5-6-8-11(2)15-13(14)12-9-7-10-12/h11-12H,3-10H2,1-2H3. The Balaban J connectivity index is 2.01. The second-order valence-corrected chi connectivity index (χ2v) is 4.72. The fourth-order valence-corrected chi connectivity index (χ4v) is 1.86. The number of rotatable bonds is 7. The minimum Gasteiger partial charge on any atom is -0.462 e. The van der Waals surface area contributed by atoms with Crippen molar-refractivity contribution in [2.75, 3.05) is 0 Å². The van der Waals surface area contributed by atoms with Gasteiger partial charge in [-0.2, -0.15) is 0 Å². The van der Waals surface area contributed by atoms with Crippen LogP contribution < -0.4 is 0 Å². The molecule has 15 heavy (non-hydrogen) atoms. The Morgan fingerprint density at radius 3 is 2.60 bits per heavy atom. The highest BCUT2D eigenvalue weighted by Crippen LogP contribution is 2.28.